The maximum absolute atomic E-state index is 8.95. The van der Waals surface area contributed by atoms with Crippen molar-refractivity contribution in [2.45, 2.75) is 50.2 Å². The van der Waals surface area contributed by atoms with Crippen LogP contribution in [0.25, 0.3) is 10.9 Å². The van der Waals surface area contributed by atoms with Crippen molar-refractivity contribution >= 4 is 28.5 Å². The van der Waals surface area contributed by atoms with Gasteiger partial charge in [-0.3, -0.25) is 14.6 Å². The molecule has 1 unspecified atom stereocenters. The van der Waals surface area contributed by atoms with E-state index in [4.69, 9.17) is 10.2 Å². The largest absolute Gasteiger partial charge is 0.367 e. The molecule has 3 aromatic heterocycles. The average molecular weight is 403 g/mol. The monoisotopic (exact) mass is 403 g/mol. The number of aromatic nitrogens is 5. The van der Waals surface area contributed by atoms with E-state index >= 15 is 0 Å². The second kappa shape index (κ2) is 7.88. The topological polar surface area (TPSA) is 108 Å². The fourth-order valence-corrected chi connectivity index (χ4v) is 4.89. The van der Waals surface area contributed by atoms with Crippen molar-refractivity contribution in [3.8, 4) is 6.07 Å². The summed E-state index contributed by atoms with van der Waals surface area (Å²) in [6.07, 6.45) is 8.64. The summed E-state index contributed by atoms with van der Waals surface area (Å²) in [7, 11) is 1.83. The summed E-state index contributed by atoms with van der Waals surface area (Å²) in [5.41, 5.74) is 0.878. The molecule has 2 aliphatic heterocycles. The van der Waals surface area contributed by atoms with Crippen LogP contribution in [0, 0.1) is 11.3 Å². The van der Waals surface area contributed by atoms with E-state index < -0.39 is 0 Å². The van der Waals surface area contributed by atoms with E-state index in [1.807, 2.05) is 19.2 Å². The predicted molar refractivity (Wildman–Crippen MR) is 114 cm³/mol. The first-order chi connectivity index (χ1) is 14.7. The Morgan fingerprint density at radius 3 is 2.80 bits per heavy atom. The Morgan fingerprint density at radius 1 is 1.23 bits per heavy atom. The lowest BCUT2D eigenvalue weighted by molar-refractivity contribution is 0.136. The number of pyridine rings is 2. The predicted octanol–water partition coefficient (Wildman–Crippen LogP) is 2.82. The lowest BCUT2D eigenvalue weighted by Crippen LogP contribution is -2.47. The van der Waals surface area contributed by atoms with Gasteiger partial charge < -0.3 is 10.6 Å². The van der Waals surface area contributed by atoms with Gasteiger partial charge in [0, 0.05) is 55.8 Å². The van der Waals surface area contributed by atoms with E-state index in [0.717, 1.165) is 36.1 Å². The number of fused-ring (bicyclic) bond motifs is 3. The summed E-state index contributed by atoms with van der Waals surface area (Å²) in [4.78, 5) is 16.1. The second-order valence-electron chi connectivity index (χ2n) is 8.14. The SMILES string of the molecule is Cn1cnc(Nc2cc3ncccc3c(NC3C[C@H]4CC[C@@H](C3)N4CCC#N)n2)n1. The van der Waals surface area contributed by atoms with E-state index in [-0.39, 0.29) is 0 Å². The molecule has 30 heavy (non-hydrogen) atoms. The lowest BCUT2D eigenvalue weighted by atomic mass is 9.97. The van der Waals surface area contributed by atoms with Crippen LogP contribution in [0.1, 0.15) is 32.1 Å². The number of aryl methyl sites for hydroxylation is 1. The van der Waals surface area contributed by atoms with Gasteiger partial charge in [0.15, 0.2) is 0 Å². The van der Waals surface area contributed by atoms with Gasteiger partial charge in [0.05, 0.1) is 11.6 Å². The van der Waals surface area contributed by atoms with Gasteiger partial charge >= 0.3 is 0 Å². The van der Waals surface area contributed by atoms with Crippen molar-refractivity contribution in [3.63, 3.8) is 0 Å². The number of hydrogen-bond acceptors (Lipinski definition) is 8. The molecule has 2 fully saturated rings. The number of nitrogens with zero attached hydrogens (tertiary/aromatic N) is 7. The van der Waals surface area contributed by atoms with Crippen molar-refractivity contribution < 1.29 is 0 Å². The van der Waals surface area contributed by atoms with Crippen LogP contribution in [0.5, 0.6) is 0 Å². The molecule has 0 aliphatic carbocycles. The first-order valence-corrected chi connectivity index (χ1v) is 10.5. The Balaban J connectivity index is 1.38. The van der Waals surface area contributed by atoms with Gasteiger partial charge in [-0.2, -0.15) is 5.26 Å². The Kier molecular flexibility index (Phi) is 4.93. The highest BCUT2D eigenvalue weighted by molar-refractivity contribution is 5.91. The molecule has 0 amide bonds. The number of piperidine rings is 1. The summed E-state index contributed by atoms with van der Waals surface area (Å²) in [6.45, 7) is 0.889. The maximum Gasteiger partial charge on any atom is 0.247 e. The minimum Gasteiger partial charge on any atom is -0.367 e. The molecule has 0 spiro atoms. The van der Waals surface area contributed by atoms with E-state index in [1.54, 1.807) is 17.2 Å². The molecule has 0 saturated carbocycles. The van der Waals surface area contributed by atoms with Gasteiger partial charge in [-0.05, 0) is 37.8 Å². The van der Waals surface area contributed by atoms with Crippen LogP contribution in [-0.2, 0) is 7.05 Å². The second-order valence-corrected chi connectivity index (χ2v) is 8.14. The Bertz CT molecular complexity index is 1070. The fraction of sp³-hybridized carbons (Fsp3) is 0.476. The van der Waals surface area contributed by atoms with E-state index in [1.165, 1.54) is 12.8 Å². The summed E-state index contributed by atoms with van der Waals surface area (Å²) in [5.74, 6) is 2.02. The molecule has 2 N–H and O–H groups in total. The number of anilines is 3. The van der Waals surface area contributed by atoms with Gasteiger partial charge in [-0.15, -0.1) is 5.10 Å². The Hall–Kier alpha value is -3.25. The van der Waals surface area contributed by atoms with Crippen molar-refractivity contribution in [2.75, 3.05) is 17.2 Å². The Morgan fingerprint density at radius 2 is 2.07 bits per heavy atom. The molecule has 9 nitrogen and oxygen atoms in total. The van der Waals surface area contributed by atoms with Gasteiger partial charge in [0.2, 0.25) is 5.95 Å². The maximum atomic E-state index is 8.95. The first-order valence-electron chi connectivity index (χ1n) is 10.5. The highest BCUT2D eigenvalue weighted by Crippen LogP contribution is 2.37. The quantitative estimate of drug-likeness (QED) is 0.647. The standard InChI is InChI=1S/C21H25N9/c1-29-13-24-21(28-29)27-19-12-18-17(4-2-8-23-18)20(26-19)25-14-10-15-5-6-16(11-14)30(15)9-3-7-22/h2,4,8,12-16H,3,5-6,9-11H2,1H3,(H2,25,26,27,28)/t14?,15-,16+. The third-order valence-corrected chi connectivity index (χ3v) is 6.15. The average Bonchev–Trinajstić information content (AvgIpc) is 3.25. The zero-order valence-corrected chi connectivity index (χ0v) is 17.0. The molecule has 2 aliphatic rings. The highest BCUT2D eigenvalue weighted by atomic mass is 15.4. The Labute approximate surface area is 175 Å². The summed E-state index contributed by atoms with van der Waals surface area (Å²) >= 11 is 0. The van der Waals surface area contributed by atoms with E-state index in [0.29, 0.717) is 36.3 Å². The molecular formula is C21H25N9. The van der Waals surface area contributed by atoms with Crippen LogP contribution in [0.4, 0.5) is 17.6 Å². The van der Waals surface area contributed by atoms with Crippen molar-refractivity contribution in [1.82, 2.24) is 29.6 Å². The van der Waals surface area contributed by atoms with Gasteiger partial charge in [0.25, 0.3) is 0 Å². The third kappa shape index (κ3) is 3.66. The van der Waals surface area contributed by atoms with Gasteiger partial charge in [-0.1, -0.05) is 0 Å². The van der Waals surface area contributed by atoms with Gasteiger partial charge in [-0.25, -0.2) is 9.97 Å². The molecule has 5 heterocycles. The number of rotatable bonds is 6. The summed E-state index contributed by atoms with van der Waals surface area (Å²) < 4.78 is 1.65. The first kappa shape index (κ1) is 18.8. The van der Waals surface area contributed by atoms with Crippen LogP contribution in [0.3, 0.4) is 0 Å². The molecule has 3 aromatic rings. The van der Waals surface area contributed by atoms with Crippen molar-refractivity contribution in [3.05, 3.63) is 30.7 Å². The smallest absolute Gasteiger partial charge is 0.247 e. The zero-order chi connectivity index (χ0) is 20.5. The molecular weight excluding hydrogens is 378 g/mol. The van der Waals surface area contributed by atoms with Crippen LogP contribution in [0.15, 0.2) is 30.7 Å². The van der Waals surface area contributed by atoms with Crippen LogP contribution >= 0.6 is 0 Å². The van der Waals surface area contributed by atoms with Crippen molar-refractivity contribution in [2.24, 2.45) is 7.05 Å². The fourth-order valence-electron chi connectivity index (χ4n) is 4.89. The summed E-state index contributed by atoms with van der Waals surface area (Å²) in [6, 6.07) is 9.67. The van der Waals surface area contributed by atoms with E-state index in [2.05, 4.69) is 42.7 Å². The molecule has 0 aromatic carbocycles. The molecule has 2 saturated heterocycles. The van der Waals surface area contributed by atoms with Crippen LogP contribution < -0.4 is 10.6 Å². The molecule has 9 heteroatoms. The number of hydrogen-bond donors (Lipinski definition) is 2. The van der Waals surface area contributed by atoms with Crippen molar-refractivity contribution in [1.29, 1.82) is 5.26 Å². The zero-order valence-electron chi connectivity index (χ0n) is 17.0. The van der Waals surface area contributed by atoms with Crippen LogP contribution in [0.2, 0.25) is 0 Å². The molecule has 154 valence electrons. The molecule has 3 atom stereocenters. The third-order valence-electron chi connectivity index (χ3n) is 6.15. The summed E-state index contributed by atoms with van der Waals surface area (Å²) in [5, 5.41) is 21.1. The van der Waals surface area contributed by atoms with E-state index in [9.17, 15) is 0 Å². The highest BCUT2D eigenvalue weighted by Gasteiger charge is 2.40. The number of nitriles is 1. The minimum absolute atomic E-state index is 0.361. The molecule has 5 rings (SSSR count). The van der Waals surface area contributed by atoms with Crippen LogP contribution in [-0.4, -0.2) is 54.3 Å². The lowest BCUT2D eigenvalue weighted by Gasteiger charge is -2.39. The molecule has 0 radical (unpaired) electrons. The number of nitrogens with one attached hydrogen (secondary N) is 2. The minimum atomic E-state index is 0.361. The normalized spacial score (nSPS) is 23.4. The molecule has 2 bridgehead atoms. The van der Waals surface area contributed by atoms with Gasteiger partial charge in [0.1, 0.15) is 18.0 Å².